The van der Waals surface area contributed by atoms with Gasteiger partial charge in [-0.3, -0.25) is 4.79 Å². The van der Waals surface area contributed by atoms with Gasteiger partial charge in [0.1, 0.15) is 10.8 Å². The van der Waals surface area contributed by atoms with Gasteiger partial charge in [0, 0.05) is 17.7 Å². The lowest BCUT2D eigenvalue weighted by molar-refractivity contribution is -0.115. The van der Waals surface area contributed by atoms with Crippen LogP contribution in [-0.4, -0.2) is 24.6 Å². The van der Waals surface area contributed by atoms with E-state index in [1.165, 1.54) is 11.3 Å². The molecule has 1 aromatic carbocycles. The van der Waals surface area contributed by atoms with Crippen LogP contribution in [0.4, 0.5) is 5.69 Å². The second-order valence-electron chi connectivity index (χ2n) is 4.73. The number of aryl methyl sites for hydroxylation is 1. The molecule has 22 heavy (non-hydrogen) atoms. The molecule has 6 heteroatoms. The normalized spacial score (nSPS) is 10.5. The van der Waals surface area contributed by atoms with Crippen LogP contribution in [0.5, 0.6) is 5.75 Å². The molecule has 0 atom stereocenters. The number of amides is 1. The van der Waals surface area contributed by atoms with Crippen molar-refractivity contribution in [3.8, 4) is 5.75 Å². The summed E-state index contributed by atoms with van der Waals surface area (Å²) < 4.78 is 10.4. The number of benzene rings is 1. The van der Waals surface area contributed by atoms with Gasteiger partial charge in [0.15, 0.2) is 0 Å². The van der Waals surface area contributed by atoms with Crippen molar-refractivity contribution in [2.45, 2.75) is 26.9 Å². The number of rotatable bonds is 7. The molecular formula is C16H20N2O3S. The third-order valence-electron chi connectivity index (χ3n) is 2.97. The number of carbonyl (C=O) groups excluding carboxylic acids is 1. The van der Waals surface area contributed by atoms with Crippen LogP contribution in [-0.2, 0) is 22.6 Å². The molecule has 2 rings (SSSR count). The fraction of sp³-hybridized carbons (Fsp3) is 0.375. The van der Waals surface area contributed by atoms with Crippen molar-refractivity contribution < 1.29 is 14.3 Å². The molecule has 0 unspecified atom stereocenters. The number of nitrogens with zero attached hydrogens (tertiary/aromatic N) is 1. The minimum atomic E-state index is -0.0557. The van der Waals surface area contributed by atoms with Gasteiger partial charge in [0.05, 0.1) is 25.3 Å². The topological polar surface area (TPSA) is 60.5 Å². The van der Waals surface area contributed by atoms with E-state index in [9.17, 15) is 4.79 Å². The molecule has 1 amide bonds. The predicted octanol–water partition coefficient (Wildman–Crippen LogP) is 3.18. The third kappa shape index (κ3) is 4.54. The van der Waals surface area contributed by atoms with E-state index in [0.717, 1.165) is 27.0 Å². The molecular weight excluding hydrogens is 300 g/mol. The van der Waals surface area contributed by atoms with Gasteiger partial charge >= 0.3 is 0 Å². The van der Waals surface area contributed by atoms with Crippen molar-refractivity contribution in [3.63, 3.8) is 0 Å². The van der Waals surface area contributed by atoms with Gasteiger partial charge in [-0.25, -0.2) is 4.98 Å². The Kier molecular flexibility index (Phi) is 5.91. The zero-order chi connectivity index (χ0) is 15.9. The van der Waals surface area contributed by atoms with Crippen LogP contribution in [0.15, 0.2) is 24.3 Å². The molecule has 0 aliphatic heterocycles. The van der Waals surface area contributed by atoms with E-state index >= 15 is 0 Å². The minimum absolute atomic E-state index is 0.0557. The molecule has 0 fully saturated rings. The van der Waals surface area contributed by atoms with Gasteiger partial charge in [-0.15, -0.1) is 11.3 Å². The monoisotopic (exact) mass is 320 g/mol. The molecule has 0 spiro atoms. The van der Waals surface area contributed by atoms with E-state index in [0.29, 0.717) is 19.6 Å². The van der Waals surface area contributed by atoms with E-state index in [1.54, 1.807) is 7.11 Å². The van der Waals surface area contributed by atoms with Crippen molar-refractivity contribution in [1.82, 2.24) is 4.98 Å². The Bertz CT molecular complexity index is 623. The minimum Gasteiger partial charge on any atom is -0.494 e. The Labute approximate surface area is 134 Å². The van der Waals surface area contributed by atoms with E-state index in [4.69, 9.17) is 9.47 Å². The average molecular weight is 320 g/mol. The highest BCUT2D eigenvalue weighted by Gasteiger charge is 2.12. The van der Waals surface area contributed by atoms with Crippen molar-refractivity contribution in [3.05, 3.63) is 39.8 Å². The van der Waals surface area contributed by atoms with Crippen LogP contribution in [0.1, 0.15) is 22.5 Å². The summed E-state index contributed by atoms with van der Waals surface area (Å²) in [5.41, 5.74) is 1.65. The van der Waals surface area contributed by atoms with E-state index in [1.807, 2.05) is 38.1 Å². The first-order chi connectivity index (χ1) is 10.6. The van der Waals surface area contributed by atoms with Gasteiger partial charge < -0.3 is 14.8 Å². The lowest BCUT2D eigenvalue weighted by Crippen LogP contribution is -2.14. The van der Waals surface area contributed by atoms with Crippen LogP contribution in [0.2, 0.25) is 0 Å². The SMILES string of the molecule is CCOc1ccc(NC(=O)Cc2sc(COC)nc2C)cc1. The third-order valence-corrected chi connectivity index (χ3v) is 4.11. The number of hydrogen-bond donors (Lipinski definition) is 1. The van der Waals surface area contributed by atoms with E-state index < -0.39 is 0 Å². The summed E-state index contributed by atoms with van der Waals surface area (Å²) in [7, 11) is 1.63. The molecule has 2 aromatic rings. The smallest absolute Gasteiger partial charge is 0.229 e. The van der Waals surface area contributed by atoms with Crippen LogP contribution < -0.4 is 10.1 Å². The fourth-order valence-corrected chi connectivity index (χ4v) is 3.03. The number of hydrogen-bond acceptors (Lipinski definition) is 5. The molecule has 0 aliphatic carbocycles. The quantitative estimate of drug-likeness (QED) is 0.851. The van der Waals surface area contributed by atoms with Crippen molar-refractivity contribution in [1.29, 1.82) is 0 Å². The zero-order valence-electron chi connectivity index (χ0n) is 13.0. The number of aromatic nitrogens is 1. The van der Waals surface area contributed by atoms with Crippen LogP contribution in [0.25, 0.3) is 0 Å². The lowest BCUT2D eigenvalue weighted by atomic mass is 10.2. The molecule has 0 aliphatic rings. The summed E-state index contributed by atoms with van der Waals surface area (Å²) >= 11 is 1.52. The van der Waals surface area contributed by atoms with E-state index in [2.05, 4.69) is 10.3 Å². The lowest BCUT2D eigenvalue weighted by Gasteiger charge is -2.06. The van der Waals surface area contributed by atoms with Crippen LogP contribution in [0, 0.1) is 6.92 Å². The summed E-state index contributed by atoms with van der Waals surface area (Å²) in [6.07, 6.45) is 0.320. The van der Waals surface area contributed by atoms with Crippen molar-refractivity contribution in [2.24, 2.45) is 0 Å². The highest BCUT2D eigenvalue weighted by Crippen LogP contribution is 2.20. The molecule has 0 bridgehead atoms. The molecule has 118 valence electrons. The van der Waals surface area contributed by atoms with Gasteiger partial charge in [0.25, 0.3) is 0 Å². The maximum absolute atomic E-state index is 12.1. The summed E-state index contributed by atoms with van der Waals surface area (Å²) in [6, 6.07) is 7.35. The zero-order valence-corrected chi connectivity index (χ0v) is 13.8. The fourth-order valence-electron chi connectivity index (χ4n) is 1.99. The second-order valence-corrected chi connectivity index (χ2v) is 5.90. The highest BCUT2D eigenvalue weighted by atomic mass is 32.1. The Balaban J connectivity index is 1.94. The largest absolute Gasteiger partial charge is 0.494 e. The van der Waals surface area contributed by atoms with Crippen LogP contribution >= 0.6 is 11.3 Å². The summed E-state index contributed by atoms with van der Waals surface area (Å²) in [6.45, 7) is 4.95. The molecule has 1 heterocycles. The summed E-state index contributed by atoms with van der Waals surface area (Å²) in [5.74, 6) is 0.739. The second kappa shape index (κ2) is 7.91. The molecule has 1 aromatic heterocycles. The Morgan fingerprint density at radius 2 is 2.05 bits per heavy atom. The first kappa shape index (κ1) is 16.5. The molecule has 1 N–H and O–H groups in total. The van der Waals surface area contributed by atoms with Gasteiger partial charge in [-0.05, 0) is 38.1 Å². The number of nitrogens with one attached hydrogen (secondary N) is 1. The first-order valence-electron chi connectivity index (χ1n) is 7.09. The summed E-state index contributed by atoms with van der Waals surface area (Å²) in [4.78, 5) is 17.5. The highest BCUT2D eigenvalue weighted by molar-refractivity contribution is 7.11. The standard InChI is InChI=1S/C16H20N2O3S/c1-4-21-13-7-5-12(6-8-13)18-15(19)9-14-11(2)17-16(22-14)10-20-3/h5-8H,4,9-10H2,1-3H3,(H,18,19). The number of ether oxygens (including phenoxy) is 2. The number of methoxy groups -OCH3 is 1. The maximum Gasteiger partial charge on any atom is 0.229 e. The van der Waals surface area contributed by atoms with Gasteiger partial charge in [-0.1, -0.05) is 0 Å². The number of carbonyl (C=O) groups is 1. The van der Waals surface area contributed by atoms with Gasteiger partial charge in [-0.2, -0.15) is 0 Å². The predicted molar refractivity (Wildman–Crippen MR) is 87.5 cm³/mol. The van der Waals surface area contributed by atoms with E-state index in [-0.39, 0.29) is 5.91 Å². The van der Waals surface area contributed by atoms with Gasteiger partial charge in [0.2, 0.25) is 5.91 Å². The molecule has 5 nitrogen and oxygen atoms in total. The summed E-state index contributed by atoms with van der Waals surface area (Å²) in [5, 5.41) is 3.77. The number of thiazole rings is 1. The first-order valence-corrected chi connectivity index (χ1v) is 7.90. The van der Waals surface area contributed by atoms with Crippen molar-refractivity contribution in [2.75, 3.05) is 19.0 Å². The average Bonchev–Trinajstić information content (AvgIpc) is 2.81. The Hall–Kier alpha value is -1.92. The molecule has 0 saturated carbocycles. The maximum atomic E-state index is 12.1. The Morgan fingerprint density at radius 3 is 2.68 bits per heavy atom. The Morgan fingerprint density at radius 1 is 1.32 bits per heavy atom. The molecule has 0 radical (unpaired) electrons. The number of anilines is 1. The van der Waals surface area contributed by atoms with Crippen LogP contribution in [0.3, 0.4) is 0 Å². The molecule has 0 saturated heterocycles. The van der Waals surface area contributed by atoms with Crippen molar-refractivity contribution >= 4 is 22.9 Å².